The largest absolute Gasteiger partial charge is 0.481 e. The second-order valence-electron chi connectivity index (χ2n) is 9.36. The molecule has 190 valence electrons. The average molecular weight is 517 g/mol. The molecule has 1 N–H and O–H groups in total. The van der Waals surface area contributed by atoms with Gasteiger partial charge in [-0.25, -0.2) is 4.58 Å². The predicted molar refractivity (Wildman–Crippen MR) is 147 cm³/mol. The molecular formula is C29H30N3O4S+. The van der Waals surface area contributed by atoms with Gasteiger partial charge in [0.1, 0.15) is 6.61 Å². The van der Waals surface area contributed by atoms with Crippen LogP contribution < -0.4 is 4.90 Å². The molecule has 37 heavy (non-hydrogen) atoms. The zero-order chi connectivity index (χ0) is 26.4. The van der Waals surface area contributed by atoms with Crippen LogP contribution in [0.5, 0.6) is 0 Å². The molecule has 0 saturated carbocycles. The van der Waals surface area contributed by atoms with Gasteiger partial charge < -0.3 is 14.7 Å². The lowest BCUT2D eigenvalue weighted by atomic mass is 9.81. The standard InChI is InChI=1S/C29H29N3O4S/c1-29(2)25(11-7-21(19-30)8-12-26-31(16-18-37-26)15-17-36-20-33)32(14-13-27(34)35)24-10-9-22-5-3-4-6-23(22)28(24)29/h3-12,20H,13-18H2,1-2H3/p+1. The summed E-state index contributed by atoms with van der Waals surface area (Å²) in [6, 6.07) is 14.6. The van der Waals surface area contributed by atoms with Crippen LogP contribution in [-0.2, 0) is 19.7 Å². The van der Waals surface area contributed by atoms with Crippen molar-refractivity contribution in [1.82, 2.24) is 0 Å². The van der Waals surface area contributed by atoms with Crippen LogP contribution in [0.15, 0.2) is 72.0 Å². The Morgan fingerprint density at radius 2 is 2.11 bits per heavy atom. The molecule has 2 aliphatic rings. The first-order valence-electron chi connectivity index (χ1n) is 12.2. The van der Waals surface area contributed by atoms with Gasteiger partial charge in [0.25, 0.3) is 6.47 Å². The van der Waals surface area contributed by atoms with E-state index in [1.807, 2.05) is 24.3 Å². The zero-order valence-electron chi connectivity index (χ0n) is 21.0. The maximum absolute atomic E-state index is 11.4. The minimum Gasteiger partial charge on any atom is -0.481 e. The second-order valence-corrected chi connectivity index (χ2v) is 10.5. The third-order valence-electron chi connectivity index (χ3n) is 6.73. The van der Waals surface area contributed by atoms with Gasteiger partial charge in [0.15, 0.2) is 13.1 Å². The fourth-order valence-electron chi connectivity index (χ4n) is 4.99. The molecule has 0 radical (unpaired) electrons. The van der Waals surface area contributed by atoms with Gasteiger partial charge in [0, 0.05) is 29.4 Å². The minimum atomic E-state index is -0.850. The first kappa shape index (κ1) is 26.2. The maximum atomic E-state index is 11.4. The third kappa shape index (κ3) is 5.62. The number of allylic oxidation sites excluding steroid dienone is 5. The van der Waals surface area contributed by atoms with Crippen molar-refractivity contribution in [1.29, 1.82) is 5.26 Å². The van der Waals surface area contributed by atoms with Gasteiger partial charge in [0.2, 0.25) is 5.04 Å². The van der Waals surface area contributed by atoms with Crippen molar-refractivity contribution in [3.8, 4) is 6.07 Å². The van der Waals surface area contributed by atoms with E-state index in [0.717, 1.165) is 45.1 Å². The Morgan fingerprint density at radius 3 is 2.86 bits per heavy atom. The first-order valence-corrected chi connectivity index (χ1v) is 13.2. The summed E-state index contributed by atoms with van der Waals surface area (Å²) in [5.41, 5.74) is 3.23. The Kier molecular flexibility index (Phi) is 8.14. The van der Waals surface area contributed by atoms with E-state index in [-0.39, 0.29) is 11.8 Å². The average Bonchev–Trinajstić information content (AvgIpc) is 3.42. The molecular weight excluding hydrogens is 486 g/mol. The topological polar surface area (TPSA) is 93.6 Å². The molecule has 7 nitrogen and oxygen atoms in total. The van der Waals surface area contributed by atoms with Crippen molar-refractivity contribution in [3.05, 3.63) is 77.5 Å². The number of nitriles is 1. The number of carbonyl (C=O) groups excluding carboxylic acids is 1. The van der Waals surface area contributed by atoms with Gasteiger partial charge in [-0.3, -0.25) is 9.59 Å². The molecule has 4 rings (SSSR count). The summed E-state index contributed by atoms with van der Waals surface area (Å²) in [5, 5.41) is 22.5. The van der Waals surface area contributed by atoms with Gasteiger partial charge in [-0.15, -0.1) is 0 Å². The van der Waals surface area contributed by atoms with Crippen LogP contribution in [-0.4, -0.2) is 59.2 Å². The van der Waals surface area contributed by atoms with E-state index in [1.54, 1.807) is 23.9 Å². The number of fused-ring (bicyclic) bond motifs is 3. The number of aliphatic carboxylic acids is 1. The van der Waals surface area contributed by atoms with E-state index in [4.69, 9.17) is 4.74 Å². The lowest BCUT2D eigenvalue weighted by molar-refractivity contribution is -0.518. The van der Waals surface area contributed by atoms with Gasteiger partial charge in [-0.1, -0.05) is 55.9 Å². The van der Waals surface area contributed by atoms with Gasteiger partial charge in [0.05, 0.1) is 23.8 Å². The van der Waals surface area contributed by atoms with Crippen molar-refractivity contribution in [3.63, 3.8) is 0 Å². The lowest BCUT2D eigenvalue weighted by Gasteiger charge is -2.26. The summed E-state index contributed by atoms with van der Waals surface area (Å²) in [5.74, 6) is 0.0896. The molecule has 0 unspecified atom stereocenters. The minimum absolute atomic E-state index is 0.00755. The van der Waals surface area contributed by atoms with Crippen molar-refractivity contribution >= 4 is 45.7 Å². The number of anilines is 1. The highest BCUT2D eigenvalue weighted by Gasteiger charge is 2.41. The van der Waals surface area contributed by atoms with Crippen LogP contribution >= 0.6 is 11.8 Å². The van der Waals surface area contributed by atoms with Crippen LogP contribution in [0.3, 0.4) is 0 Å². The number of thioether (sulfide) groups is 1. The number of rotatable bonds is 10. The number of nitrogens with zero attached hydrogens (tertiary/aromatic N) is 3. The molecule has 0 amide bonds. The maximum Gasteiger partial charge on any atom is 0.305 e. The van der Waals surface area contributed by atoms with E-state index < -0.39 is 5.97 Å². The van der Waals surface area contributed by atoms with E-state index in [0.29, 0.717) is 31.7 Å². The molecule has 0 spiro atoms. The predicted octanol–water partition coefficient (Wildman–Crippen LogP) is 4.63. The van der Waals surface area contributed by atoms with Crippen LogP contribution in [0.4, 0.5) is 5.69 Å². The van der Waals surface area contributed by atoms with Gasteiger partial charge in [-0.2, -0.15) is 5.26 Å². The molecule has 2 aromatic carbocycles. The highest BCUT2D eigenvalue weighted by atomic mass is 32.2. The molecule has 8 heteroatoms. The summed E-state index contributed by atoms with van der Waals surface area (Å²) >= 11 is 1.70. The van der Waals surface area contributed by atoms with Crippen molar-refractivity contribution < 1.29 is 24.0 Å². The van der Waals surface area contributed by atoms with E-state index >= 15 is 0 Å². The quantitative estimate of drug-likeness (QED) is 0.162. The first-order chi connectivity index (χ1) is 17.9. The molecule has 0 aliphatic carbocycles. The lowest BCUT2D eigenvalue weighted by Crippen LogP contribution is -2.28. The number of hydrogen-bond donors (Lipinski definition) is 1. The van der Waals surface area contributed by atoms with E-state index in [2.05, 4.69) is 53.7 Å². The number of carboxylic acids is 1. The van der Waals surface area contributed by atoms with E-state index in [9.17, 15) is 20.0 Å². The number of ether oxygens (including phenoxy) is 1. The number of carbonyl (C=O) groups is 2. The summed E-state index contributed by atoms with van der Waals surface area (Å²) in [6.45, 7) is 6.88. The highest BCUT2D eigenvalue weighted by molar-refractivity contribution is 8.14. The summed E-state index contributed by atoms with van der Waals surface area (Å²) < 4.78 is 6.95. The zero-order valence-corrected chi connectivity index (χ0v) is 21.8. The Balaban J connectivity index is 1.69. The van der Waals surface area contributed by atoms with Gasteiger partial charge in [-0.05, 0) is 40.6 Å². The number of carboxylic acid groups (broad SMARTS) is 1. The fraction of sp³-hybridized carbons (Fsp3) is 0.310. The number of benzene rings is 2. The van der Waals surface area contributed by atoms with Crippen LogP contribution in [0.1, 0.15) is 25.8 Å². The summed E-state index contributed by atoms with van der Waals surface area (Å²) in [6.07, 6.45) is 7.48. The molecule has 0 saturated heterocycles. The molecule has 2 aromatic rings. The Hall–Kier alpha value is -3.83. The fourth-order valence-corrected chi connectivity index (χ4v) is 6.04. The molecule has 2 aliphatic heterocycles. The monoisotopic (exact) mass is 516 g/mol. The smallest absolute Gasteiger partial charge is 0.305 e. The SMILES string of the molecule is CC1(C)\C(=C/C=C(C#N)/C=C/C2=[N+](CCOC=O)CCS2)N(CCC(=O)O)c2ccc3ccccc3c21. The van der Waals surface area contributed by atoms with Crippen molar-refractivity contribution in [2.45, 2.75) is 25.7 Å². The Morgan fingerprint density at radius 1 is 1.30 bits per heavy atom. The second kappa shape index (κ2) is 11.5. The summed E-state index contributed by atoms with van der Waals surface area (Å²) in [4.78, 5) is 23.9. The highest BCUT2D eigenvalue weighted by Crippen LogP contribution is 2.50. The summed E-state index contributed by atoms with van der Waals surface area (Å²) in [7, 11) is 0. The van der Waals surface area contributed by atoms with Crippen molar-refractivity contribution in [2.24, 2.45) is 0 Å². The van der Waals surface area contributed by atoms with E-state index in [1.165, 1.54) is 0 Å². The normalized spacial score (nSPS) is 18.0. The van der Waals surface area contributed by atoms with Crippen LogP contribution in [0.2, 0.25) is 0 Å². The van der Waals surface area contributed by atoms with Gasteiger partial charge >= 0.3 is 5.97 Å². The van der Waals surface area contributed by atoms with Crippen LogP contribution in [0.25, 0.3) is 10.8 Å². The number of hydrogen-bond acceptors (Lipinski definition) is 6. The Bertz CT molecular complexity index is 1380. The Labute approximate surface area is 221 Å². The molecule has 2 heterocycles. The molecule has 0 aromatic heterocycles. The molecule has 0 fully saturated rings. The third-order valence-corrected chi connectivity index (χ3v) is 7.81. The molecule has 0 bridgehead atoms. The molecule has 0 atom stereocenters. The van der Waals surface area contributed by atoms with Crippen LogP contribution in [0, 0.1) is 11.3 Å². The van der Waals surface area contributed by atoms with Crippen molar-refractivity contribution in [2.75, 3.05) is 36.9 Å².